The largest absolute Gasteiger partial charge is 0.332 e. The second kappa shape index (κ2) is 4.23. The van der Waals surface area contributed by atoms with Crippen molar-refractivity contribution in [3.05, 3.63) is 0 Å². The van der Waals surface area contributed by atoms with Crippen LogP contribution in [0, 0.1) is 0 Å². The fourth-order valence-electron chi connectivity index (χ4n) is 1.20. The van der Waals surface area contributed by atoms with Gasteiger partial charge < -0.3 is 10.2 Å². The highest BCUT2D eigenvalue weighted by atomic mass is 19.3. The van der Waals surface area contributed by atoms with Crippen molar-refractivity contribution in [3.8, 4) is 0 Å². The van der Waals surface area contributed by atoms with Gasteiger partial charge in [-0.05, 0) is 12.8 Å². The van der Waals surface area contributed by atoms with Gasteiger partial charge in [-0.1, -0.05) is 0 Å². The van der Waals surface area contributed by atoms with E-state index in [9.17, 15) is 13.6 Å². The summed E-state index contributed by atoms with van der Waals surface area (Å²) in [6.07, 6.45) is -0.513. The highest BCUT2D eigenvalue weighted by molar-refractivity contribution is 5.74. The Morgan fingerprint density at radius 1 is 1.42 bits per heavy atom. The van der Waals surface area contributed by atoms with E-state index in [-0.39, 0.29) is 6.03 Å². The van der Waals surface area contributed by atoms with E-state index in [1.807, 2.05) is 0 Å². The summed E-state index contributed by atoms with van der Waals surface area (Å²) >= 11 is 0. The lowest BCUT2D eigenvalue weighted by atomic mass is 10.4. The molecule has 5 heteroatoms. The molecule has 1 saturated heterocycles. The van der Waals surface area contributed by atoms with Gasteiger partial charge in [-0.2, -0.15) is 0 Å². The molecule has 0 spiro atoms. The number of hydrogen-bond donors (Lipinski definition) is 1. The number of carbonyl (C=O) groups excluding carboxylic acids is 1. The van der Waals surface area contributed by atoms with Gasteiger partial charge in [0.2, 0.25) is 0 Å². The molecule has 0 aromatic rings. The minimum Gasteiger partial charge on any atom is -0.332 e. The number of nitrogens with one attached hydrogen (secondary N) is 1. The number of nitrogens with zero attached hydrogens (tertiary/aromatic N) is 1. The van der Waals surface area contributed by atoms with Crippen molar-refractivity contribution in [2.24, 2.45) is 0 Å². The average Bonchev–Trinajstić information content (AvgIpc) is 2.51. The highest BCUT2D eigenvalue weighted by Crippen LogP contribution is 2.06. The molecule has 2 amide bonds. The molecule has 0 aromatic heterocycles. The molecule has 0 aliphatic carbocycles. The summed E-state index contributed by atoms with van der Waals surface area (Å²) in [6, 6.07) is -0.368. The standard InChI is InChI=1S/C7H12F2N2O/c8-6(9)5-10-7(12)11-3-1-2-4-11/h6H,1-5H2,(H,10,12). The fourth-order valence-corrected chi connectivity index (χ4v) is 1.20. The van der Waals surface area contributed by atoms with E-state index >= 15 is 0 Å². The van der Waals surface area contributed by atoms with Crippen molar-refractivity contribution in [2.45, 2.75) is 19.3 Å². The maximum atomic E-state index is 11.6. The van der Waals surface area contributed by atoms with Crippen molar-refractivity contribution in [1.82, 2.24) is 10.2 Å². The molecule has 0 aromatic carbocycles. The van der Waals surface area contributed by atoms with Crippen LogP contribution in [0.1, 0.15) is 12.8 Å². The molecule has 70 valence electrons. The highest BCUT2D eigenvalue weighted by Gasteiger charge is 2.17. The summed E-state index contributed by atoms with van der Waals surface area (Å²) in [7, 11) is 0. The summed E-state index contributed by atoms with van der Waals surface area (Å²) < 4.78 is 23.3. The quantitative estimate of drug-likeness (QED) is 0.673. The number of amides is 2. The molecule has 1 aliphatic heterocycles. The first kappa shape index (κ1) is 9.22. The molecule has 12 heavy (non-hydrogen) atoms. The van der Waals surface area contributed by atoms with E-state index < -0.39 is 13.0 Å². The second-order valence-corrected chi connectivity index (χ2v) is 2.77. The number of alkyl halides is 2. The Morgan fingerprint density at radius 3 is 2.50 bits per heavy atom. The Labute approximate surface area is 69.7 Å². The lowest BCUT2D eigenvalue weighted by Crippen LogP contribution is -2.39. The number of urea groups is 1. The Hall–Kier alpha value is -0.870. The molecule has 0 atom stereocenters. The molecule has 3 nitrogen and oxygen atoms in total. The van der Waals surface area contributed by atoms with E-state index in [0.29, 0.717) is 13.1 Å². The van der Waals surface area contributed by atoms with Crippen LogP contribution in [0.5, 0.6) is 0 Å². The topological polar surface area (TPSA) is 32.3 Å². The average molecular weight is 178 g/mol. The normalized spacial score (nSPS) is 17.1. The maximum absolute atomic E-state index is 11.6. The third-order valence-electron chi connectivity index (χ3n) is 1.80. The Balaban J connectivity index is 2.18. The fraction of sp³-hybridized carbons (Fsp3) is 0.857. The van der Waals surface area contributed by atoms with Crippen molar-refractivity contribution in [2.75, 3.05) is 19.6 Å². The molecular weight excluding hydrogens is 166 g/mol. The zero-order valence-electron chi connectivity index (χ0n) is 6.72. The molecule has 1 N–H and O–H groups in total. The zero-order chi connectivity index (χ0) is 8.97. The van der Waals surface area contributed by atoms with Crippen LogP contribution in [0.3, 0.4) is 0 Å². The van der Waals surface area contributed by atoms with Gasteiger partial charge in [-0.25, -0.2) is 13.6 Å². The molecule has 0 saturated carbocycles. The summed E-state index contributed by atoms with van der Waals surface area (Å²) in [5.74, 6) is 0. The molecule has 1 rings (SSSR count). The van der Waals surface area contributed by atoms with Gasteiger partial charge in [0.15, 0.2) is 0 Å². The molecule has 0 unspecified atom stereocenters. The molecule has 1 aliphatic rings. The summed E-state index contributed by atoms with van der Waals surface area (Å²) in [5, 5.41) is 2.16. The number of rotatable bonds is 2. The smallest absolute Gasteiger partial charge is 0.317 e. The van der Waals surface area contributed by atoms with Crippen LogP contribution >= 0.6 is 0 Å². The number of hydrogen-bond acceptors (Lipinski definition) is 1. The first-order chi connectivity index (χ1) is 5.70. The SMILES string of the molecule is O=C(NCC(F)F)N1CCCC1. The van der Waals surface area contributed by atoms with Crippen molar-refractivity contribution in [1.29, 1.82) is 0 Å². The molecule has 1 heterocycles. The predicted octanol–water partition coefficient (Wildman–Crippen LogP) is 1.06. The molecule has 0 bridgehead atoms. The minimum absolute atomic E-state index is 0.368. The number of carbonyl (C=O) groups is 1. The van der Waals surface area contributed by atoms with Crippen LogP contribution in [0.4, 0.5) is 13.6 Å². The van der Waals surface area contributed by atoms with Gasteiger partial charge in [0.25, 0.3) is 6.43 Å². The van der Waals surface area contributed by atoms with Crippen molar-refractivity contribution >= 4 is 6.03 Å². The van der Waals surface area contributed by atoms with Gasteiger partial charge in [0, 0.05) is 13.1 Å². The molecule has 0 radical (unpaired) electrons. The zero-order valence-corrected chi connectivity index (χ0v) is 6.72. The molecular formula is C7H12F2N2O. The van der Waals surface area contributed by atoms with E-state index in [1.165, 1.54) is 0 Å². The summed E-state index contributed by atoms with van der Waals surface area (Å²) in [4.78, 5) is 12.6. The van der Waals surface area contributed by atoms with Crippen LogP contribution in [0.15, 0.2) is 0 Å². The van der Waals surface area contributed by atoms with Gasteiger partial charge in [0.05, 0.1) is 6.54 Å². The van der Waals surface area contributed by atoms with Crippen molar-refractivity contribution in [3.63, 3.8) is 0 Å². The summed E-state index contributed by atoms with van der Waals surface area (Å²) in [6.45, 7) is 0.833. The lowest BCUT2D eigenvalue weighted by Gasteiger charge is -2.15. The third-order valence-corrected chi connectivity index (χ3v) is 1.80. The van der Waals surface area contributed by atoms with E-state index in [1.54, 1.807) is 4.90 Å². The number of halogens is 2. The van der Waals surface area contributed by atoms with Crippen LogP contribution in [-0.4, -0.2) is 37.0 Å². The predicted molar refractivity (Wildman–Crippen MR) is 40.2 cm³/mol. The van der Waals surface area contributed by atoms with E-state index in [2.05, 4.69) is 5.32 Å². The van der Waals surface area contributed by atoms with Crippen LogP contribution < -0.4 is 5.32 Å². The van der Waals surface area contributed by atoms with Crippen LogP contribution in [-0.2, 0) is 0 Å². The first-order valence-electron chi connectivity index (χ1n) is 4.01. The van der Waals surface area contributed by atoms with Gasteiger partial charge >= 0.3 is 6.03 Å². The Bertz CT molecular complexity index is 157. The minimum atomic E-state index is -2.46. The Kier molecular flexibility index (Phi) is 3.25. The van der Waals surface area contributed by atoms with Gasteiger partial charge in [0.1, 0.15) is 0 Å². The van der Waals surface area contributed by atoms with Gasteiger partial charge in [-0.3, -0.25) is 0 Å². The van der Waals surface area contributed by atoms with E-state index in [0.717, 1.165) is 12.8 Å². The monoisotopic (exact) mass is 178 g/mol. The number of likely N-dealkylation sites (tertiary alicyclic amines) is 1. The van der Waals surface area contributed by atoms with Gasteiger partial charge in [-0.15, -0.1) is 0 Å². The third kappa shape index (κ3) is 2.64. The van der Waals surface area contributed by atoms with Crippen LogP contribution in [0.2, 0.25) is 0 Å². The lowest BCUT2D eigenvalue weighted by molar-refractivity contribution is 0.141. The summed E-state index contributed by atoms with van der Waals surface area (Å²) in [5.41, 5.74) is 0. The Morgan fingerprint density at radius 2 is 2.00 bits per heavy atom. The maximum Gasteiger partial charge on any atom is 0.317 e. The second-order valence-electron chi connectivity index (χ2n) is 2.77. The van der Waals surface area contributed by atoms with E-state index in [4.69, 9.17) is 0 Å². The van der Waals surface area contributed by atoms with Crippen molar-refractivity contribution < 1.29 is 13.6 Å². The van der Waals surface area contributed by atoms with Crippen LogP contribution in [0.25, 0.3) is 0 Å². The molecule has 1 fully saturated rings. The first-order valence-corrected chi connectivity index (χ1v) is 4.01.